The van der Waals surface area contributed by atoms with Gasteiger partial charge >= 0.3 is 6.03 Å². The van der Waals surface area contributed by atoms with E-state index >= 15 is 0 Å². The summed E-state index contributed by atoms with van der Waals surface area (Å²) in [4.78, 5) is 12.6. The first kappa shape index (κ1) is 20.8. The predicted molar refractivity (Wildman–Crippen MR) is 114 cm³/mol. The Morgan fingerprint density at radius 3 is 2.23 bits per heavy atom. The van der Waals surface area contributed by atoms with Gasteiger partial charge in [-0.25, -0.2) is 4.79 Å². The van der Waals surface area contributed by atoms with Crippen LogP contribution in [0.2, 0.25) is 0 Å². The largest absolute Gasteiger partial charge is 0.497 e. The smallest absolute Gasteiger partial charge is 0.323 e. The number of aryl methyl sites for hydroxylation is 1. The normalized spacial score (nSPS) is 10.3. The molecule has 0 spiro atoms. The molecule has 1 heterocycles. The van der Waals surface area contributed by atoms with Crippen molar-refractivity contribution in [2.24, 2.45) is 0 Å². The van der Waals surface area contributed by atoms with E-state index < -0.39 is 6.03 Å². The molecule has 158 valence electrons. The average molecular weight is 412 g/mol. The number of nitrogens with zero attached hydrogens (tertiary/aromatic N) is 1. The second-order valence-electron chi connectivity index (χ2n) is 6.30. The van der Waals surface area contributed by atoms with Crippen LogP contribution in [-0.2, 0) is 0 Å². The third-order valence-corrected chi connectivity index (χ3v) is 4.45. The summed E-state index contributed by atoms with van der Waals surface area (Å²) in [5.41, 5.74) is 3.05. The van der Waals surface area contributed by atoms with Crippen LogP contribution >= 0.6 is 0 Å². The van der Waals surface area contributed by atoms with Crippen molar-refractivity contribution in [3.8, 4) is 34.3 Å². The van der Waals surface area contributed by atoms with Crippen LogP contribution in [0, 0.1) is 6.92 Å². The van der Waals surface area contributed by atoms with Gasteiger partial charge < -0.3 is 29.6 Å². The summed E-state index contributed by atoms with van der Waals surface area (Å²) in [7, 11) is 6.18. The number of amides is 2. The van der Waals surface area contributed by atoms with Gasteiger partial charge in [0.2, 0.25) is 5.75 Å². The Bertz CT molecular complexity index is 1020. The van der Waals surface area contributed by atoms with Gasteiger partial charge in [0.05, 0.1) is 39.8 Å². The van der Waals surface area contributed by atoms with Crippen molar-refractivity contribution >= 4 is 17.4 Å². The monoisotopic (exact) mass is 412 g/mol. The minimum atomic E-state index is -0.415. The number of carbonyl (C=O) groups is 1. The van der Waals surface area contributed by atoms with Crippen molar-refractivity contribution in [2.45, 2.75) is 6.92 Å². The van der Waals surface area contributed by atoms with Gasteiger partial charge in [-0.3, -0.25) is 5.10 Å². The van der Waals surface area contributed by atoms with E-state index in [-0.39, 0.29) is 0 Å². The highest BCUT2D eigenvalue weighted by molar-refractivity contribution is 6.02. The number of urea groups is 1. The van der Waals surface area contributed by atoms with E-state index in [2.05, 4.69) is 20.8 Å². The van der Waals surface area contributed by atoms with Crippen LogP contribution in [0.3, 0.4) is 0 Å². The second-order valence-corrected chi connectivity index (χ2v) is 6.30. The van der Waals surface area contributed by atoms with Crippen LogP contribution in [-0.4, -0.2) is 44.7 Å². The molecule has 3 aromatic rings. The number of hydrogen-bond donors (Lipinski definition) is 3. The summed E-state index contributed by atoms with van der Waals surface area (Å²) in [6.07, 6.45) is 0. The highest BCUT2D eigenvalue weighted by atomic mass is 16.5. The molecule has 0 saturated carbocycles. The molecule has 3 N–H and O–H groups in total. The first-order valence-electron chi connectivity index (χ1n) is 9.08. The standard InChI is InChI=1S/C21H24N4O5/c1-12-18(23-21(26)22-14-7-6-8-15(11-14)27-2)19(25-24-12)13-9-16(28-3)20(30-5)17(10-13)29-4/h6-11H,1-5H3,(H,24,25)(H2,22,23,26). The number of hydrogen-bond acceptors (Lipinski definition) is 6. The molecule has 0 atom stereocenters. The Labute approximate surface area is 174 Å². The second kappa shape index (κ2) is 9.08. The first-order valence-corrected chi connectivity index (χ1v) is 9.08. The number of rotatable bonds is 7. The van der Waals surface area contributed by atoms with Gasteiger partial charge in [-0.15, -0.1) is 0 Å². The molecule has 0 aliphatic carbocycles. The molecule has 0 aliphatic heterocycles. The number of benzene rings is 2. The lowest BCUT2D eigenvalue weighted by molar-refractivity contribution is 0.262. The van der Waals surface area contributed by atoms with Crippen LogP contribution in [0.15, 0.2) is 36.4 Å². The summed E-state index contributed by atoms with van der Waals surface area (Å²) in [5, 5.41) is 12.9. The lowest BCUT2D eigenvalue weighted by Crippen LogP contribution is -2.20. The number of carbonyl (C=O) groups excluding carboxylic acids is 1. The zero-order valence-corrected chi connectivity index (χ0v) is 17.5. The van der Waals surface area contributed by atoms with Gasteiger partial charge in [0.25, 0.3) is 0 Å². The number of aromatic nitrogens is 2. The molecule has 0 saturated heterocycles. The van der Waals surface area contributed by atoms with Crippen LogP contribution in [0.25, 0.3) is 11.3 Å². The van der Waals surface area contributed by atoms with Gasteiger partial charge in [0.1, 0.15) is 11.4 Å². The minimum absolute atomic E-state index is 0.415. The molecular formula is C21H24N4O5. The molecule has 9 nitrogen and oxygen atoms in total. The summed E-state index contributed by atoms with van der Waals surface area (Å²) in [5.74, 6) is 2.09. The number of H-pyrrole nitrogens is 1. The zero-order chi connectivity index (χ0) is 21.7. The molecule has 9 heteroatoms. The Kier molecular flexibility index (Phi) is 6.31. The van der Waals surface area contributed by atoms with Crippen LogP contribution in [0.5, 0.6) is 23.0 Å². The molecule has 30 heavy (non-hydrogen) atoms. The topological polar surface area (TPSA) is 107 Å². The zero-order valence-electron chi connectivity index (χ0n) is 17.5. The average Bonchev–Trinajstić information content (AvgIpc) is 3.12. The van der Waals surface area contributed by atoms with E-state index in [0.29, 0.717) is 51.3 Å². The molecule has 0 bridgehead atoms. The third kappa shape index (κ3) is 4.24. The first-order chi connectivity index (χ1) is 14.5. The maximum Gasteiger partial charge on any atom is 0.323 e. The third-order valence-electron chi connectivity index (χ3n) is 4.45. The molecule has 0 radical (unpaired) electrons. The summed E-state index contributed by atoms with van der Waals surface area (Å²) >= 11 is 0. The van der Waals surface area contributed by atoms with Crippen molar-refractivity contribution in [3.05, 3.63) is 42.1 Å². The number of aromatic amines is 1. The summed E-state index contributed by atoms with van der Waals surface area (Å²) < 4.78 is 21.4. The lowest BCUT2D eigenvalue weighted by atomic mass is 10.1. The van der Waals surface area contributed by atoms with Crippen LogP contribution < -0.4 is 29.6 Å². The van der Waals surface area contributed by atoms with E-state index in [4.69, 9.17) is 18.9 Å². The molecule has 0 unspecified atom stereocenters. The minimum Gasteiger partial charge on any atom is -0.497 e. The number of methoxy groups -OCH3 is 4. The Morgan fingerprint density at radius 1 is 0.933 bits per heavy atom. The number of anilines is 2. The van der Waals surface area contributed by atoms with Crippen molar-refractivity contribution in [3.63, 3.8) is 0 Å². The highest BCUT2D eigenvalue weighted by Gasteiger charge is 2.20. The quantitative estimate of drug-likeness (QED) is 0.540. The van der Waals surface area contributed by atoms with E-state index in [9.17, 15) is 4.79 Å². The van der Waals surface area contributed by atoms with Crippen molar-refractivity contribution < 1.29 is 23.7 Å². The molecule has 3 rings (SSSR count). The number of nitrogens with one attached hydrogen (secondary N) is 3. The van der Waals surface area contributed by atoms with Crippen LogP contribution in [0.4, 0.5) is 16.2 Å². The van der Waals surface area contributed by atoms with E-state index in [1.54, 1.807) is 43.5 Å². The Balaban J connectivity index is 1.91. The van der Waals surface area contributed by atoms with Crippen molar-refractivity contribution in [1.29, 1.82) is 0 Å². The van der Waals surface area contributed by atoms with Gasteiger partial charge in [-0.05, 0) is 31.2 Å². The van der Waals surface area contributed by atoms with Gasteiger partial charge in [-0.2, -0.15) is 5.10 Å². The Hall–Kier alpha value is -3.88. The molecule has 2 amide bonds. The van der Waals surface area contributed by atoms with Crippen molar-refractivity contribution in [1.82, 2.24) is 10.2 Å². The summed E-state index contributed by atoms with van der Waals surface area (Å²) in [6, 6.07) is 10.2. The van der Waals surface area contributed by atoms with Crippen molar-refractivity contribution in [2.75, 3.05) is 39.1 Å². The fourth-order valence-corrected chi connectivity index (χ4v) is 2.99. The van der Waals surface area contributed by atoms with Crippen LogP contribution in [0.1, 0.15) is 5.69 Å². The molecule has 0 aliphatic rings. The van der Waals surface area contributed by atoms with E-state index in [1.807, 2.05) is 6.92 Å². The molecule has 1 aromatic heterocycles. The molecule has 2 aromatic carbocycles. The fourth-order valence-electron chi connectivity index (χ4n) is 2.99. The predicted octanol–water partition coefficient (Wildman–Crippen LogP) is 4.06. The molecular weight excluding hydrogens is 388 g/mol. The number of ether oxygens (including phenoxy) is 4. The Morgan fingerprint density at radius 2 is 1.63 bits per heavy atom. The van der Waals surface area contributed by atoms with E-state index in [1.165, 1.54) is 21.3 Å². The maximum absolute atomic E-state index is 12.6. The van der Waals surface area contributed by atoms with Gasteiger partial charge in [-0.1, -0.05) is 6.07 Å². The maximum atomic E-state index is 12.6. The molecule has 0 fully saturated rings. The summed E-state index contributed by atoms with van der Waals surface area (Å²) in [6.45, 7) is 1.82. The van der Waals surface area contributed by atoms with Gasteiger partial charge in [0, 0.05) is 17.3 Å². The highest BCUT2D eigenvalue weighted by Crippen LogP contribution is 2.42. The fraction of sp³-hybridized carbons (Fsp3) is 0.238. The van der Waals surface area contributed by atoms with Gasteiger partial charge in [0.15, 0.2) is 11.5 Å². The lowest BCUT2D eigenvalue weighted by Gasteiger charge is -2.14. The van der Waals surface area contributed by atoms with E-state index in [0.717, 1.165) is 0 Å². The SMILES string of the molecule is COc1cccc(NC(=O)Nc2c(-c3cc(OC)c(OC)c(OC)c3)n[nH]c2C)c1.